The van der Waals surface area contributed by atoms with Gasteiger partial charge in [0, 0.05) is 17.4 Å². The first-order chi connectivity index (χ1) is 14.9. The lowest BCUT2D eigenvalue weighted by Crippen LogP contribution is -2.29. The standard InChI is InChI=1S/C24H19FN2O4/c1-14-13-15(6-11-19(14)31-2)22(28)20-21(18-5-3-4-12-26-18)27(24(30)23(20)29)17-9-7-16(25)8-10-17/h3-13,21,28H,1-2H3/b22-20-. The highest BCUT2D eigenvalue weighted by atomic mass is 19.1. The number of halogens is 1. The fourth-order valence-corrected chi connectivity index (χ4v) is 3.70. The summed E-state index contributed by atoms with van der Waals surface area (Å²) in [5.41, 5.74) is 1.77. The number of carbonyl (C=O) groups excluding carboxylic acids is 2. The van der Waals surface area contributed by atoms with E-state index in [1.807, 2.05) is 6.92 Å². The third-order valence-corrected chi connectivity index (χ3v) is 5.19. The number of amides is 1. The first kappa shape index (κ1) is 20.3. The van der Waals surface area contributed by atoms with Crippen LogP contribution in [0.3, 0.4) is 0 Å². The zero-order valence-electron chi connectivity index (χ0n) is 16.9. The van der Waals surface area contributed by atoms with Gasteiger partial charge in [0.1, 0.15) is 23.4 Å². The quantitative estimate of drug-likeness (QED) is 0.391. The monoisotopic (exact) mass is 418 g/mol. The molecule has 1 N–H and O–H groups in total. The molecule has 7 heteroatoms. The van der Waals surface area contributed by atoms with E-state index in [4.69, 9.17) is 4.74 Å². The predicted molar refractivity (Wildman–Crippen MR) is 113 cm³/mol. The van der Waals surface area contributed by atoms with Crippen molar-refractivity contribution >= 4 is 23.1 Å². The topological polar surface area (TPSA) is 79.7 Å². The van der Waals surface area contributed by atoms with E-state index >= 15 is 0 Å². The minimum atomic E-state index is -0.964. The van der Waals surface area contributed by atoms with Crippen LogP contribution in [0.4, 0.5) is 10.1 Å². The Balaban J connectivity index is 1.92. The maximum atomic E-state index is 13.5. The van der Waals surface area contributed by atoms with Gasteiger partial charge in [0.15, 0.2) is 0 Å². The fraction of sp³-hybridized carbons (Fsp3) is 0.125. The average molecular weight is 418 g/mol. The van der Waals surface area contributed by atoms with Crippen LogP contribution in [0.2, 0.25) is 0 Å². The number of methoxy groups -OCH3 is 1. The van der Waals surface area contributed by atoms with Crippen LogP contribution < -0.4 is 9.64 Å². The summed E-state index contributed by atoms with van der Waals surface area (Å²) in [6.45, 7) is 1.81. The molecule has 0 saturated carbocycles. The number of ether oxygens (including phenoxy) is 1. The van der Waals surface area contributed by atoms with Crippen LogP contribution >= 0.6 is 0 Å². The number of hydrogen-bond donors (Lipinski definition) is 1. The van der Waals surface area contributed by atoms with E-state index in [0.29, 0.717) is 22.7 Å². The minimum Gasteiger partial charge on any atom is -0.507 e. The Kier molecular flexibility index (Phi) is 5.25. The highest BCUT2D eigenvalue weighted by Crippen LogP contribution is 2.41. The Bertz CT molecular complexity index is 1190. The van der Waals surface area contributed by atoms with Crippen molar-refractivity contribution in [2.24, 2.45) is 0 Å². The minimum absolute atomic E-state index is 0.0856. The van der Waals surface area contributed by atoms with E-state index < -0.39 is 23.5 Å². The summed E-state index contributed by atoms with van der Waals surface area (Å²) in [5.74, 6) is -1.82. The highest BCUT2D eigenvalue weighted by Gasteiger charge is 2.47. The molecule has 2 heterocycles. The van der Waals surface area contributed by atoms with Gasteiger partial charge in [0.2, 0.25) is 0 Å². The first-order valence-electron chi connectivity index (χ1n) is 9.55. The summed E-state index contributed by atoms with van der Waals surface area (Å²) in [7, 11) is 1.54. The van der Waals surface area contributed by atoms with Crippen LogP contribution in [-0.2, 0) is 9.59 Å². The zero-order chi connectivity index (χ0) is 22.1. The smallest absolute Gasteiger partial charge is 0.300 e. The second-order valence-corrected chi connectivity index (χ2v) is 7.08. The number of aliphatic hydroxyl groups is 1. The SMILES string of the molecule is COc1ccc(/C(O)=C2/C(=O)C(=O)N(c3ccc(F)cc3)C2c2ccccn2)cc1C. The molecule has 0 spiro atoms. The number of carbonyl (C=O) groups is 2. The second-order valence-electron chi connectivity index (χ2n) is 7.08. The molecule has 31 heavy (non-hydrogen) atoms. The predicted octanol–water partition coefficient (Wildman–Crippen LogP) is 4.16. The Hall–Kier alpha value is -4.00. The van der Waals surface area contributed by atoms with Crippen molar-refractivity contribution in [3.8, 4) is 5.75 Å². The third kappa shape index (κ3) is 3.54. The molecular weight excluding hydrogens is 399 g/mol. The molecule has 6 nitrogen and oxygen atoms in total. The van der Waals surface area contributed by atoms with Crippen LogP contribution in [0.5, 0.6) is 5.75 Å². The summed E-state index contributed by atoms with van der Waals surface area (Å²) >= 11 is 0. The lowest BCUT2D eigenvalue weighted by atomic mass is 9.97. The molecule has 1 aliphatic rings. The van der Waals surface area contributed by atoms with Gasteiger partial charge in [-0.15, -0.1) is 0 Å². The molecule has 0 radical (unpaired) electrons. The lowest BCUT2D eigenvalue weighted by Gasteiger charge is -2.24. The van der Waals surface area contributed by atoms with E-state index in [2.05, 4.69) is 4.98 Å². The molecule has 1 amide bonds. The third-order valence-electron chi connectivity index (χ3n) is 5.19. The molecule has 1 aromatic heterocycles. The van der Waals surface area contributed by atoms with Crippen molar-refractivity contribution < 1.29 is 23.8 Å². The lowest BCUT2D eigenvalue weighted by molar-refractivity contribution is -0.132. The van der Waals surface area contributed by atoms with Gasteiger partial charge in [0.05, 0.1) is 18.4 Å². The maximum absolute atomic E-state index is 13.5. The number of aliphatic hydroxyl groups excluding tert-OH is 1. The van der Waals surface area contributed by atoms with Crippen molar-refractivity contribution in [1.82, 2.24) is 4.98 Å². The normalized spacial score (nSPS) is 17.8. The zero-order valence-corrected chi connectivity index (χ0v) is 16.9. The van der Waals surface area contributed by atoms with Gasteiger partial charge in [-0.2, -0.15) is 0 Å². The number of aromatic nitrogens is 1. The van der Waals surface area contributed by atoms with Gasteiger partial charge < -0.3 is 9.84 Å². The van der Waals surface area contributed by atoms with Gasteiger partial charge in [0.25, 0.3) is 11.7 Å². The number of hydrogen-bond acceptors (Lipinski definition) is 5. The molecular formula is C24H19FN2O4. The van der Waals surface area contributed by atoms with Crippen molar-refractivity contribution in [2.75, 3.05) is 12.0 Å². The highest BCUT2D eigenvalue weighted by molar-refractivity contribution is 6.51. The van der Waals surface area contributed by atoms with Crippen LogP contribution in [0.25, 0.3) is 5.76 Å². The number of anilines is 1. The summed E-state index contributed by atoms with van der Waals surface area (Å²) < 4.78 is 18.7. The number of pyridine rings is 1. The Morgan fingerprint density at radius 2 is 1.84 bits per heavy atom. The molecule has 3 aromatic rings. The summed E-state index contributed by atoms with van der Waals surface area (Å²) in [6, 6.07) is 14.3. The Labute approximate surface area is 178 Å². The van der Waals surface area contributed by atoms with E-state index in [1.54, 1.807) is 36.4 Å². The molecule has 4 rings (SSSR count). The number of nitrogens with zero attached hydrogens (tertiary/aromatic N) is 2. The van der Waals surface area contributed by atoms with Gasteiger partial charge >= 0.3 is 0 Å². The van der Waals surface area contributed by atoms with E-state index in [-0.39, 0.29) is 11.3 Å². The van der Waals surface area contributed by atoms with E-state index in [0.717, 1.165) is 5.56 Å². The van der Waals surface area contributed by atoms with Gasteiger partial charge in [-0.05, 0) is 67.1 Å². The summed E-state index contributed by atoms with van der Waals surface area (Å²) in [6.07, 6.45) is 1.54. The fourth-order valence-electron chi connectivity index (χ4n) is 3.70. The van der Waals surface area contributed by atoms with Crippen molar-refractivity contribution in [3.63, 3.8) is 0 Å². The van der Waals surface area contributed by atoms with Crippen molar-refractivity contribution in [2.45, 2.75) is 13.0 Å². The molecule has 1 aliphatic heterocycles. The summed E-state index contributed by atoms with van der Waals surface area (Å²) in [4.78, 5) is 31.5. The van der Waals surface area contributed by atoms with Crippen LogP contribution in [0.15, 0.2) is 72.4 Å². The molecule has 1 atom stereocenters. The number of rotatable bonds is 4. The Morgan fingerprint density at radius 1 is 1.10 bits per heavy atom. The number of ketones is 1. The molecule has 1 saturated heterocycles. The number of benzene rings is 2. The first-order valence-corrected chi connectivity index (χ1v) is 9.55. The molecule has 0 bridgehead atoms. The van der Waals surface area contributed by atoms with Crippen molar-refractivity contribution in [3.05, 3.63) is 95.1 Å². The number of aryl methyl sites for hydroxylation is 1. The van der Waals surface area contributed by atoms with Gasteiger partial charge in [-0.1, -0.05) is 6.07 Å². The molecule has 156 valence electrons. The molecule has 2 aromatic carbocycles. The largest absolute Gasteiger partial charge is 0.507 e. The second kappa shape index (κ2) is 8.02. The molecule has 0 aliphatic carbocycles. The van der Waals surface area contributed by atoms with E-state index in [9.17, 15) is 19.1 Å². The average Bonchev–Trinajstić information content (AvgIpc) is 3.05. The Morgan fingerprint density at radius 3 is 2.45 bits per heavy atom. The summed E-state index contributed by atoms with van der Waals surface area (Å²) in [5, 5.41) is 11.1. The van der Waals surface area contributed by atoms with E-state index in [1.165, 1.54) is 42.5 Å². The van der Waals surface area contributed by atoms with Crippen molar-refractivity contribution in [1.29, 1.82) is 0 Å². The van der Waals surface area contributed by atoms with Crippen LogP contribution in [-0.4, -0.2) is 28.9 Å². The molecule has 1 fully saturated rings. The van der Waals surface area contributed by atoms with Gasteiger partial charge in [-0.25, -0.2) is 4.39 Å². The van der Waals surface area contributed by atoms with Crippen LogP contribution in [0.1, 0.15) is 22.9 Å². The van der Waals surface area contributed by atoms with Gasteiger partial charge in [-0.3, -0.25) is 19.5 Å². The number of Topliss-reactive ketones (excluding diaryl/α,β-unsaturated/α-hetero) is 1. The molecule has 1 unspecified atom stereocenters. The maximum Gasteiger partial charge on any atom is 0.300 e. The van der Waals surface area contributed by atoms with Crippen LogP contribution in [0, 0.1) is 12.7 Å².